The SMILES string of the molecule is FC(F)(F)c1n[nH]c(=S)n1/N=C\c1cccc(Oc2ccccc2)c1. The van der Waals surface area contributed by atoms with Crippen LogP contribution in [0, 0.1) is 4.77 Å². The number of nitrogens with zero attached hydrogens (tertiary/aromatic N) is 3. The minimum absolute atomic E-state index is 0.250. The second-order valence-electron chi connectivity index (χ2n) is 4.89. The number of para-hydroxylation sites is 1. The van der Waals surface area contributed by atoms with Gasteiger partial charge in [0.1, 0.15) is 11.5 Å². The van der Waals surface area contributed by atoms with Gasteiger partial charge in [0.2, 0.25) is 4.77 Å². The van der Waals surface area contributed by atoms with Crippen molar-refractivity contribution in [2.45, 2.75) is 6.18 Å². The summed E-state index contributed by atoms with van der Waals surface area (Å²) in [6.07, 6.45) is -3.42. The van der Waals surface area contributed by atoms with Gasteiger partial charge >= 0.3 is 6.18 Å². The van der Waals surface area contributed by atoms with Crippen molar-refractivity contribution in [1.82, 2.24) is 14.9 Å². The summed E-state index contributed by atoms with van der Waals surface area (Å²) in [7, 11) is 0. The fourth-order valence-corrected chi connectivity index (χ4v) is 2.17. The second-order valence-corrected chi connectivity index (χ2v) is 5.28. The number of ether oxygens (including phenoxy) is 1. The van der Waals surface area contributed by atoms with Gasteiger partial charge in [0.25, 0.3) is 5.82 Å². The number of alkyl halides is 3. The van der Waals surface area contributed by atoms with Gasteiger partial charge in [0.05, 0.1) is 6.21 Å². The molecule has 0 saturated carbocycles. The molecule has 1 N–H and O–H groups in total. The van der Waals surface area contributed by atoms with E-state index < -0.39 is 12.0 Å². The molecule has 5 nitrogen and oxygen atoms in total. The molecule has 0 aliphatic rings. The van der Waals surface area contributed by atoms with Crippen molar-refractivity contribution in [3.05, 3.63) is 70.8 Å². The van der Waals surface area contributed by atoms with Gasteiger partial charge in [0.15, 0.2) is 0 Å². The van der Waals surface area contributed by atoms with Crippen molar-refractivity contribution in [1.29, 1.82) is 0 Å². The smallest absolute Gasteiger partial charge is 0.453 e. The van der Waals surface area contributed by atoms with Gasteiger partial charge in [-0.2, -0.15) is 22.9 Å². The van der Waals surface area contributed by atoms with E-state index in [1.807, 2.05) is 18.2 Å². The largest absolute Gasteiger partial charge is 0.457 e. The summed E-state index contributed by atoms with van der Waals surface area (Å²) >= 11 is 4.78. The van der Waals surface area contributed by atoms with E-state index in [0.29, 0.717) is 21.7 Å². The molecule has 9 heteroatoms. The van der Waals surface area contributed by atoms with Crippen LogP contribution in [0.2, 0.25) is 0 Å². The van der Waals surface area contributed by atoms with Gasteiger partial charge in [-0.3, -0.25) is 0 Å². The third-order valence-electron chi connectivity index (χ3n) is 3.06. The Labute approximate surface area is 145 Å². The lowest BCUT2D eigenvalue weighted by atomic mass is 10.2. The fourth-order valence-electron chi connectivity index (χ4n) is 1.99. The Hall–Kier alpha value is -2.94. The molecule has 2 aromatic carbocycles. The number of aromatic amines is 1. The molecule has 1 aromatic heterocycles. The monoisotopic (exact) mass is 364 g/mol. The van der Waals surface area contributed by atoms with Crippen LogP contribution in [0.5, 0.6) is 11.5 Å². The van der Waals surface area contributed by atoms with Gasteiger partial charge in [-0.25, -0.2) is 5.10 Å². The van der Waals surface area contributed by atoms with Gasteiger partial charge in [-0.15, -0.1) is 5.10 Å². The molecule has 0 radical (unpaired) electrons. The Balaban J connectivity index is 1.85. The molecule has 3 rings (SSSR count). The van der Waals surface area contributed by atoms with E-state index in [2.05, 4.69) is 15.3 Å². The number of H-pyrrole nitrogens is 1. The van der Waals surface area contributed by atoms with Crippen molar-refractivity contribution in [3.63, 3.8) is 0 Å². The van der Waals surface area contributed by atoms with Crippen molar-refractivity contribution in [2.24, 2.45) is 5.10 Å². The van der Waals surface area contributed by atoms with Crippen LogP contribution in [0.4, 0.5) is 13.2 Å². The lowest BCUT2D eigenvalue weighted by Gasteiger charge is -2.06. The molecule has 0 atom stereocenters. The molecular weight excluding hydrogens is 353 g/mol. The van der Waals surface area contributed by atoms with Crippen LogP contribution in [-0.2, 0) is 6.18 Å². The minimum Gasteiger partial charge on any atom is -0.457 e. The molecule has 1 heterocycles. The summed E-state index contributed by atoms with van der Waals surface area (Å²) < 4.78 is 44.5. The summed E-state index contributed by atoms with van der Waals surface area (Å²) in [5.74, 6) is -0.0413. The van der Waals surface area contributed by atoms with Crippen molar-refractivity contribution < 1.29 is 17.9 Å². The van der Waals surface area contributed by atoms with E-state index in [4.69, 9.17) is 17.0 Å². The van der Waals surface area contributed by atoms with Gasteiger partial charge in [-0.05, 0) is 42.0 Å². The molecule has 128 valence electrons. The average molecular weight is 364 g/mol. The topological polar surface area (TPSA) is 55.2 Å². The summed E-state index contributed by atoms with van der Waals surface area (Å²) in [4.78, 5) is 0. The highest BCUT2D eigenvalue weighted by Crippen LogP contribution is 2.27. The third kappa shape index (κ3) is 4.13. The van der Waals surface area contributed by atoms with E-state index in [1.54, 1.807) is 36.4 Å². The van der Waals surface area contributed by atoms with Gasteiger partial charge in [0, 0.05) is 0 Å². The Morgan fingerprint density at radius 2 is 1.80 bits per heavy atom. The predicted molar refractivity (Wildman–Crippen MR) is 88.4 cm³/mol. The highest BCUT2D eigenvalue weighted by molar-refractivity contribution is 7.71. The van der Waals surface area contributed by atoms with Crippen molar-refractivity contribution >= 4 is 18.4 Å². The lowest BCUT2D eigenvalue weighted by Crippen LogP contribution is -2.12. The molecule has 0 fully saturated rings. The first-order chi connectivity index (χ1) is 11.9. The summed E-state index contributed by atoms with van der Waals surface area (Å²) in [6.45, 7) is 0. The molecule has 0 aliphatic carbocycles. The molecule has 0 bridgehead atoms. The van der Waals surface area contributed by atoms with Gasteiger partial charge in [-0.1, -0.05) is 30.3 Å². The lowest BCUT2D eigenvalue weighted by molar-refractivity contribution is -0.147. The van der Waals surface area contributed by atoms with Crippen molar-refractivity contribution in [2.75, 3.05) is 0 Å². The first-order valence-electron chi connectivity index (χ1n) is 7.05. The highest BCUT2D eigenvalue weighted by Gasteiger charge is 2.37. The normalized spacial score (nSPS) is 11.8. The number of rotatable bonds is 4. The molecule has 0 aliphatic heterocycles. The number of benzene rings is 2. The third-order valence-corrected chi connectivity index (χ3v) is 3.33. The molecule has 0 amide bonds. The van der Waals surface area contributed by atoms with Crippen molar-refractivity contribution in [3.8, 4) is 11.5 Å². The summed E-state index contributed by atoms with van der Waals surface area (Å²) in [5.41, 5.74) is 0.546. The zero-order valence-electron chi connectivity index (χ0n) is 12.6. The minimum atomic E-state index is -4.66. The van der Waals surface area contributed by atoms with Crippen LogP contribution < -0.4 is 4.74 Å². The first kappa shape index (κ1) is 16.9. The van der Waals surface area contributed by atoms with E-state index in [-0.39, 0.29) is 4.77 Å². The van der Waals surface area contributed by atoms with Crippen LogP contribution in [-0.4, -0.2) is 21.1 Å². The van der Waals surface area contributed by atoms with E-state index in [9.17, 15) is 13.2 Å². The molecular formula is C16H11F3N4OS. The van der Waals surface area contributed by atoms with E-state index >= 15 is 0 Å². The number of nitrogens with one attached hydrogen (secondary N) is 1. The molecule has 25 heavy (non-hydrogen) atoms. The first-order valence-corrected chi connectivity index (χ1v) is 7.46. The summed E-state index contributed by atoms with van der Waals surface area (Å²) in [6, 6.07) is 15.9. The number of aromatic nitrogens is 3. The highest BCUT2D eigenvalue weighted by atomic mass is 32.1. The standard InChI is InChI=1S/C16H11F3N4OS/c17-16(18,19)14-21-22-15(25)23(14)20-10-11-5-4-8-13(9-11)24-12-6-2-1-3-7-12/h1-10H,(H,22,25)/b20-10-. The van der Waals surface area contributed by atoms with Crippen LogP contribution in [0.1, 0.15) is 11.4 Å². The Kier molecular flexibility index (Phi) is 4.66. The maximum Gasteiger partial charge on any atom is 0.453 e. The molecule has 0 spiro atoms. The van der Waals surface area contributed by atoms with Crippen LogP contribution >= 0.6 is 12.2 Å². The van der Waals surface area contributed by atoms with E-state index in [0.717, 1.165) is 0 Å². The Morgan fingerprint density at radius 3 is 2.52 bits per heavy atom. The number of hydrogen-bond acceptors (Lipinski definition) is 4. The molecule has 0 saturated heterocycles. The van der Waals surface area contributed by atoms with Crippen LogP contribution in [0.25, 0.3) is 0 Å². The van der Waals surface area contributed by atoms with Crippen LogP contribution in [0.3, 0.4) is 0 Å². The second kappa shape index (κ2) is 6.89. The quantitative estimate of drug-likeness (QED) is 0.542. The maximum absolute atomic E-state index is 12.9. The molecule has 3 aromatic rings. The Morgan fingerprint density at radius 1 is 1.08 bits per heavy atom. The zero-order chi connectivity index (χ0) is 17.9. The zero-order valence-corrected chi connectivity index (χ0v) is 13.4. The number of hydrogen-bond donors (Lipinski definition) is 1. The summed E-state index contributed by atoms with van der Waals surface area (Å²) in [5, 5.41) is 9.01. The van der Waals surface area contributed by atoms with Gasteiger partial charge < -0.3 is 4.74 Å². The fraction of sp³-hybridized carbons (Fsp3) is 0.0625. The maximum atomic E-state index is 12.9. The van der Waals surface area contributed by atoms with Crippen LogP contribution in [0.15, 0.2) is 59.7 Å². The van der Waals surface area contributed by atoms with E-state index in [1.165, 1.54) is 6.21 Å². The number of halogens is 3. The Bertz CT molecular complexity index is 948. The predicted octanol–water partition coefficient (Wildman–Crippen LogP) is 4.63. The average Bonchev–Trinajstić information content (AvgIpc) is 2.95. The molecule has 0 unspecified atom stereocenters.